The zero-order valence-electron chi connectivity index (χ0n) is 6.40. The molecule has 0 amide bonds. The van der Waals surface area contributed by atoms with Crippen LogP contribution >= 0.6 is 0 Å². The summed E-state index contributed by atoms with van der Waals surface area (Å²) in [6.07, 6.45) is 4.22. The van der Waals surface area contributed by atoms with Gasteiger partial charge in [0.05, 0.1) is 0 Å². The predicted octanol–water partition coefficient (Wildman–Crippen LogP) is 0.348. The second-order valence-electron chi connectivity index (χ2n) is 3.46. The molecule has 10 heavy (non-hydrogen) atoms. The molecule has 0 bridgehead atoms. The molecule has 2 fully saturated rings. The Labute approximate surface area is 62.4 Å². The molecule has 58 valence electrons. The molecule has 2 aliphatic heterocycles. The molecule has 0 unspecified atom stereocenters. The van der Waals surface area contributed by atoms with Crippen molar-refractivity contribution in [1.29, 1.82) is 0 Å². The van der Waals surface area contributed by atoms with Crippen LogP contribution in [0.4, 0.5) is 0 Å². The van der Waals surface area contributed by atoms with E-state index in [1.54, 1.807) is 0 Å². The van der Waals surface area contributed by atoms with Crippen LogP contribution in [0.15, 0.2) is 0 Å². The summed E-state index contributed by atoms with van der Waals surface area (Å²) in [7, 11) is 0. The first kappa shape index (κ1) is 6.62. The van der Waals surface area contributed by atoms with Crippen LogP contribution in [0, 0.1) is 5.92 Å². The summed E-state index contributed by atoms with van der Waals surface area (Å²) in [6, 6.07) is 0.794. The van der Waals surface area contributed by atoms with E-state index >= 15 is 0 Å². The average molecular weight is 140 g/mol. The van der Waals surface area contributed by atoms with Gasteiger partial charge in [0.25, 0.3) is 0 Å². The molecular weight excluding hydrogens is 124 g/mol. The van der Waals surface area contributed by atoms with Gasteiger partial charge in [0, 0.05) is 12.6 Å². The summed E-state index contributed by atoms with van der Waals surface area (Å²) < 4.78 is 0. The van der Waals surface area contributed by atoms with E-state index in [0.29, 0.717) is 0 Å². The van der Waals surface area contributed by atoms with Crippen molar-refractivity contribution < 1.29 is 0 Å². The van der Waals surface area contributed by atoms with E-state index in [0.717, 1.165) is 12.0 Å². The molecule has 0 aromatic heterocycles. The monoisotopic (exact) mass is 140 g/mol. The summed E-state index contributed by atoms with van der Waals surface area (Å²) in [5, 5.41) is 6.99. The molecule has 2 rings (SSSR count). The van der Waals surface area contributed by atoms with Crippen molar-refractivity contribution in [1.82, 2.24) is 10.6 Å². The van der Waals surface area contributed by atoms with E-state index in [4.69, 9.17) is 0 Å². The Morgan fingerprint density at radius 2 is 2.10 bits per heavy atom. The standard InChI is InChI=1S/C8H16N2/c1-2-7-3-5-10-8(7)6-9-4-1/h7-10H,1-6H2/t7-,8+/m1/s1. The van der Waals surface area contributed by atoms with Gasteiger partial charge in [-0.25, -0.2) is 0 Å². The van der Waals surface area contributed by atoms with Crippen molar-refractivity contribution >= 4 is 0 Å². The minimum atomic E-state index is 0.794. The first-order chi connectivity index (χ1) is 4.97. The van der Waals surface area contributed by atoms with Gasteiger partial charge >= 0.3 is 0 Å². The smallest absolute Gasteiger partial charge is 0.0221 e. The summed E-state index contributed by atoms with van der Waals surface area (Å²) >= 11 is 0. The molecule has 0 saturated carbocycles. The molecule has 0 aliphatic carbocycles. The second-order valence-corrected chi connectivity index (χ2v) is 3.46. The molecule has 2 N–H and O–H groups in total. The third kappa shape index (κ3) is 1.18. The first-order valence-electron chi connectivity index (χ1n) is 4.41. The predicted molar refractivity (Wildman–Crippen MR) is 42.0 cm³/mol. The van der Waals surface area contributed by atoms with E-state index in [9.17, 15) is 0 Å². The minimum absolute atomic E-state index is 0.794. The number of hydrogen-bond donors (Lipinski definition) is 2. The van der Waals surface area contributed by atoms with Crippen LogP contribution in [0.1, 0.15) is 19.3 Å². The van der Waals surface area contributed by atoms with Crippen molar-refractivity contribution in [3.05, 3.63) is 0 Å². The van der Waals surface area contributed by atoms with E-state index in [1.165, 1.54) is 38.9 Å². The average Bonchev–Trinajstić information content (AvgIpc) is 2.28. The Balaban J connectivity index is 1.95. The maximum absolute atomic E-state index is 3.54. The van der Waals surface area contributed by atoms with Crippen LogP contribution in [0.2, 0.25) is 0 Å². The highest BCUT2D eigenvalue weighted by molar-refractivity contribution is 4.87. The molecule has 2 nitrogen and oxygen atoms in total. The van der Waals surface area contributed by atoms with Gasteiger partial charge in [-0.05, 0) is 38.3 Å². The minimum Gasteiger partial charge on any atom is -0.315 e. The van der Waals surface area contributed by atoms with Crippen LogP contribution in [-0.4, -0.2) is 25.7 Å². The molecule has 2 atom stereocenters. The lowest BCUT2D eigenvalue weighted by molar-refractivity contribution is 0.440. The summed E-state index contributed by atoms with van der Waals surface area (Å²) in [5.74, 6) is 0.981. The van der Waals surface area contributed by atoms with Crippen molar-refractivity contribution in [2.24, 2.45) is 5.92 Å². The van der Waals surface area contributed by atoms with Crippen LogP contribution in [0.5, 0.6) is 0 Å². The molecule has 2 heterocycles. The van der Waals surface area contributed by atoms with Crippen molar-refractivity contribution in [3.63, 3.8) is 0 Å². The topological polar surface area (TPSA) is 24.1 Å². The number of fused-ring (bicyclic) bond motifs is 1. The molecule has 2 heteroatoms. The Bertz CT molecular complexity index is 102. The molecule has 0 spiro atoms. The quantitative estimate of drug-likeness (QED) is 0.507. The molecule has 0 aromatic carbocycles. The fourth-order valence-electron chi connectivity index (χ4n) is 2.15. The van der Waals surface area contributed by atoms with Crippen LogP contribution < -0.4 is 10.6 Å². The largest absolute Gasteiger partial charge is 0.315 e. The maximum Gasteiger partial charge on any atom is 0.0221 e. The molecular formula is C8H16N2. The van der Waals surface area contributed by atoms with Gasteiger partial charge in [-0.2, -0.15) is 0 Å². The van der Waals surface area contributed by atoms with E-state index in [-0.39, 0.29) is 0 Å². The van der Waals surface area contributed by atoms with Gasteiger partial charge in [-0.1, -0.05) is 0 Å². The summed E-state index contributed by atoms with van der Waals surface area (Å²) in [4.78, 5) is 0. The Hall–Kier alpha value is -0.0800. The lowest BCUT2D eigenvalue weighted by atomic mass is 9.97. The van der Waals surface area contributed by atoms with Crippen LogP contribution in [-0.2, 0) is 0 Å². The third-order valence-corrected chi connectivity index (χ3v) is 2.78. The second kappa shape index (κ2) is 2.89. The number of rotatable bonds is 0. The van der Waals surface area contributed by atoms with Gasteiger partial charge in [-0.15, -0.1) is 0 Å². The van der Waals surface area contributed by atoms with E-state index in [1.807, 2.05) is 0 Å². The summed E-state index contributed by atoms with van der Waals surface area (Å²) in [5.41, 5.74) is 0. The third-order valence-electron chi connectivity index (χ3n) is 2.78. The van der Waals surface area contributed by atoms with Crippen LogP contribution in [0.3, 0.4) is 0 Å². The SMILES string of the molecule is C1CNC[C@@H]2NCC[C@H]2C1. The molecule has 0 radical (unpaired) electrons. The zero-order chi connectivity index (χ0) is 6.81. The highest BCUT2D eigenvalue weighted by Crippen LogP contribution is 2.21. The highest BCUT2D eigenvalue weighted by atomic mass is 15.0. The van der Waals surface area contributed by atoms with E-state index < -0.39 is 0 Å². The Morgan fingerprint density at radius 1 is 1.10 bits per heavy atom. The highest BCUT2D eigenvalue weighted by Gasteiger charge is 2.27. The van der Waals surface area contributed by atoms with Gasteiger partial charge in [-0.3, -0.25) is 0 Å². The van der Waals surface area contributed by atoms with Crippen LogP contribution in [0.25, 0.3) is 0 Å². The fourth-order valence-corrected chi connectivity index (χ4v) is 2.15. The van der Waals surface area contributed by atoms with Gasteiger partial charge in [0.15, 0.2) is 0 Å². The fraction of sp³-hybridized carbons (Fsp3) is 1.00. The summed E-state index contributed by atoms with van der Waals surface area (Å²) in [6.45, 7) is 3.68. The van der Waals surface area contributed by atoms with Crippen molar-refractivity contribution in [3.8, 4) is 0 Å². The number of hydrogen-bond acceptors (Lipinski definition) is 2. The Kier molecular flexibility index (Phi) is 1.91. The van der Waals surface area contributed by atoms with Gasteiger partial charge in [0.1, 0.15) is 0 Å². The van der Waals surface area contributed by atoms with Gasteiger partial charge in [0.2, 0.25) is 0 Å². The zero-order valence-corrected chi connectivity index (χ0v) is 6.40. The lowest BCUT2D eigenvalue weighted by Crippen LogP contribution is -2.35. The molecule has 2 aliphatic rings. The molecule has 2 saturated heterocycles. The maximum atomic E-state index is 3.54. The Morgan fingerprint density at radius 3 is 3.10 bits per heavy atom. The number of nitrogens with one attached hydrogen (secondary N) is 2. The van der Waals surface area contributed by atoms with Gasteiger partial charge < -0.3 is 10.6 Å². The first-order valence-corrected chi connectivity index (χ1v) is 4.41. The normalized spacial score (nSPS) is 40.8. The van der Waals surface area contributed by atoms with Crippen molar-refractivity contribution in [2.45, 2.75) is 25.3 Å². The lowest BCUT2D eigenvalue weighted by Gasteiger charge is -2.14. The van der Waals surface area contributed by atoms with E-state index in [2.05, 4.69) is 10.6 Å². The van der Waals surface area contributed by atoms with Crippen molar-refractivity contribution in [2.75, 3.05) is 19.6 Å². The molecule has 0 aromatic rings.